The molecule has 1 aromatic carbocycles. The summed E-state index contributed by atoms with van der Waals surface area (Å²) < 4.78 is 15.0. The van der Waals surface area contributed by atoms with Crippen LogP contribution in [0, 0.1) is 12.7 Å². The van der Waals surface area contributed by atoms with E-state index in [0.717, 1.165) is 4.88 Å². The van der Waals surface area contributed by atoms with Crippen LogP contribution in [0.15, 0.2) is 72.4 Å². The van der Waals surface area contributed by atoms with Crippen LogP contribution in [-0.4, -0.2) is 20.7 Å². The highest BCUT2D eigenvalue weighted by Gasteiger charge is 2.23. The van der Waals surface area contributed by atoms with E-state index in [2.05, 4.69) is 10.1 Å². The first-order chi connectivity index (χ1) is 13.6. The Labute approximate surface area is 165 Å². The average Bonchev–Trinajstić information content (AvgIpc) is 3.37. The van der Waals surface area contributed by atoms with Crippen LogP contribution in [0.5, 0.6) is 0 Å². The van der Waals surface area contributed by atoms with E-state index in [0.29, 0.717) is 29.3 Å². The van der Waals surface area contributed by atoms with Gasteiger partial charge in [0.05, 0.1) is 24.0 Å². The Morgan fingerprint density at radius 1 is 1.14 bits per heavy atom. The van der Waals surface area contributed by atoms with Gasteiger partial charge < -0.3 is 4.90 Å². The van der Waals surface area contributed by atoms with Gasteiger partial charge >= 0.3 is 0 Å². The Balaban J connectivity index is 1.71. The van der Waals surface area contributed by atoms with E-state index in [4.69, 9.17) is 0 Å². The fraction of sp³-hybridized carbons (Fsp3) is 0.0952. The van der Waals surface area contributed by atoms with Crippen LogP contribution in [0.25, 0.3) is 5.82 Å². The first-order valence-electron chi connectivity index (χ1n) is 8.69. The fourth-order valence-corrected chi connectivity index (χ4v) is 3.63. The molecule has 0 aliphatic carbocycles. The Kier molecular flexibility index (Phi) is 4.99. The highest BCUT2D eigenvalue weighted by molar-refractivity contribution is 7.09. The van der Waals surface area contributed by atoms with Crippen LogP contribution >= 0.6 is 11.3 Å². The molecule has 5 nitrogen and oxygen atoms in total. The molecule has 0 N–H and O–H groups in total. The summed E-state index contributed by atoms with van der Waals surface area (Å²) in [5.41, 5.74) is 1.80. The van der Waals surface area contributed by atoms with Gasteiger partial charge in [-0.05, 0) is 54.8 Å². The van der Waals surface area contributed by atoms with Gasteiger partial charge in [-0.2, -0.15) is 5.10 Å². The van der Waals surface area contributed by atoms with Gasteiger partial charge in [0.15, 0.2) is 5.82 Å². The van der Waals surface area contributed by atoms with E-state index in [1.54, 1.807) is 45.4 Å². The van der Waals surface area contributed by atoms with Gasteiger partial charge in [0.1, 0.15) is 5.82 Å². The quantitative estimate of drug-likeness (QED) is 0.498. The standard InChI is InChI=1S/C21H17FN4OS/c1-15-19(13-24-26(15)20-6-2-3-11-23-20)21(27)25(14-18-5-4-12-28-18)17-9-7-16(22)8-10-17/h2-13H,14H2,1H3. The molecule has 4 rings (SSSR count). The van der Waals surface area contributed by atoms with E-state index in [1.165, 1.54) is 12.1 Å². The maximum absolute atomic E-state index is 13.4. The third kappa shape index (κ3) is 3.57. The lowest BCUT2D eigenvalue weighted by Gasteiger charge is -2.22. The monoisotopic (exact) mass is 392 g/mol. The maximum Gasteiger partial charge on any atom is 0.262 e. The lowest BCUT2D eigenvalue weighted by Crippen LogP contribution is -2.30. The van der Waals surface area contributed by atoms with Crippen molar-refractivity contribution in [3.8, 4) is 5.82 Å². The minimum absolute atomic E-state index is 0.195. The van der Waals surface area contributed by atoms with Gasteiger partial charge in [-0.1, -0.05) is 12.1 Å². The van der Waals surface area contributed by atoms with E-state index in [-0.39, 0.29) is 11.7 Å². The third-order valence-electron chi connectivity index (χ3n) is 4.38. The van der Waals surface area contributed by atoms with Crippen molar-refractivity contribution in [3.63, 3.8) is 0 Å². The van der Waals surface area contributed by atoms with Gasteiger partial charge in [-0.25, -0.2) is 14.1 Å². The van der Waals surface area contributed by atoms with E-state index in [1.807, 2.05) is 42.6 Å². The van der Waals surface area contributed by atoms with E-state index >= 15 is 0 Å². The number of amides is 1. The number of aromatic nitrogens is 3. The van der Waals surface area contributed by atoms with Crippen molar-refractivity contribution in [1.29, 1.82) is 0 Å². The molecule has 140 valence electrons. The Morgan fingerprint density at radius 2 is 1.96 bits per heavy atom. The van der Waals surface area contributed by atoms with Crippen molar-refractivity contribution in [3.05, 3.63) is 94.3 Å². The number of anilines is 1. The first kappa shape index (κ1) is 18.1. The molecule has 1 amide bonds. The second-order valence-corrected chi connectivity index (χ2v) is 7.22. The van der Waals surface area contributed by atoms with Gasteiger partial charge in [0, 0.05) is 16.8 Å². The van der Waals surface area contributed by atoms with Crippen molar-refractivity contribution in [2.24, 2.45) is 0 Å². The summed E-state index contributed by atoms with van der Waals surface area (Å²) in [5, 5.41) is 6.31. The molecule has 7 heteroatoms. The predicted molar refractivity (Wildman–Crippen MR) is 107 cm³/mol. The molecule has 28 heavy (non-hydrogen) atoms. The van der Waals surface area contributed by atoms with Gasteiger partial charge in [-0.15, -0.1) is 11.3 Å². The van der Waals surface area contributed by atoms with Crippen LogP contribution in [0.1, 0.15) is 20.9 Å². The number of benzene rings is 1. The van der Waals surface area contributed by atoms with Crippen LogP contribution < -0.4 is 4.90 Å². The van der Waals surface area contributed by atoms with Crippen molar-refractivity contribution >= 4 is 22.9 Å². The highest BCUT2D eigenvalue weighted by atomic mass is 32.1. The number of hydrogen-bond donors (Lipinski definition) is 0. The number of rotatable bonds is 5. The lowest BCUT2D eigenvalue weighted by atomic mass is 10.2. The third-order valence-corrected chi connectivity index (χ3v) is 5.25. The fourth-order valence-electron chi connectivity index (χ4n) is 2.93. The van der Waals surface area contributed by atoms with Crippen LogP contribution in [0.3, 0.4) is 0 Å². The number of nitrogens with zero attached hydrogens (tertiary/aromatic N) is 4. The minimum Gasteiger partial charge on any atom is -0.303 e. The number of carbonyl (C=O) groups is 1. The van der Waals surface area contributed by atoms with E-state index < -0.39 is 0 Å². The van der Waals surface area contributed by atoms with Crippen molar-refractivity contribution in [2.75, 3.05) is 4.90 Å². The summed E-state index contributed by atoms with van der Waals surface area (Å²) in [6, 6.07) is 15.4. The number of thiophene rings is 1. The summed E-state index contributed by atoms with van der Waals surface area (Å²) in [6.07, 6.45) is 3.23. The molecule has 0 aliphatic rings. The molecule has 0 spiro atoms. The summed E-state index contributed by atoms with van der Waals surface area (Å²) in [5.74, 6) is 0.108. The summed E-state index contributed by atoms with van der Waals surface area (Å²) >= 11 is 1.57. The minimum atomic E-state index is -0.341. The first-order valence-corrected chi connectivity index (χ1v) is 9.57. The van der Waals surface area contributed by atoms with Crippen molar-refractivity contribution < 1.29 is 9.18 Å². The molecule has 0 saturated carbocycles. The molecule has 0 fully saturated rings. The van der Waals surface area contributed by atoms with Crippen molar-refractivity contribution in [2.45, 2.75) is 13.5 Å². The number of pyridine rings is 1. The number of halogens is 1. The Morgan fingerprint density at radius 3 is 2.64 bits per heavy atom. The summed E-state index contributed by atoms with van der Waals surface area (Å²) in [6.45, 7) is 2.24. The average molecular weight is 392 g/mol. The maximum atomic E-state index is 13.4. The Bertz CT molecular complexity index is 1080. The zero-order chi connectivity index (χ0) is 19.5. The predicted octanol–water partition coefficient (Wildman–Crippen LogP) is 4.62. The molecular formula is C21H17FN4OS. The van der Waals surface area contributed by atoms with Gasteiger partial charge in [-0.3, -0.25) is 4.79 Å². The molecule has 4 aromatic rings. The zero-order valence-corrected chi connectivity index (χ0v) is 15.9. The van der Waals surface area contributed by atoms with Crippen LogP contribution in [0.2, 0.25) is 0 Å². The number of hydrogen-bond acceptors (Lipinski definition) is 4. The highest BCUT2D eigenvalue weighted by Crippen LogP contribution is 2.24. The molecule has 0 aliphatic heterocycles. The van der Waals surface area contributed by atoms with Gasteiger partial charge in [0.2, 0.25) is 0 Å². The summed E-state index contributed by atoms with van der Waals surface area (Å²) in [7, 11) is 0. The topological polar surface area (TPSA) is 51.0 Å². The normalized spacial score (nSPS) is 10.8. The van der Waals surface area contributed by atoms with E-state index in [9.17, 15) is 9.18 Å². The second-order valence-electron chi connectivity index (χ2n) is 6.19. The molecule has 0 radical (unpaired) electrons. The molecule has 3 heterocycles. The SMILES string of the molecule is Cc1c(C(=O)N(Cc2cccs2)c2ccc(F)cc2)cnn1-c1ccccn1. The van der Waals surface area contributed by atoms with Crippen LogP contribution in [0.4, 0.5) is 10.1 Å². The molecule has 3 aromatic heterocycles. The van der Waals surface area contributed by atoms with Gasteiger partial charge in [0.25, 0.3) is 5.91 Å². The van der Waals surface area contributed by atoms with Crippen molar-refractivity contribution in [1.82, 2.24) is 14.8 Å². The number of carbonyl (C=O) groups excluding carboxylic acids is 1. The molecular weight excluding hydrogens is 375 g/mol. The molecule has 0 unspecified atom stereocenters. The molecule has 0 atom stereocenters. The zero-order valence-electron chi connectivity index (χ0n) is 15.1. The smallest absolute Gasteiger partial charge is 0.262 e. The second kappa shape index (κ2) is 7.74. The lowest BCUT2D eigenvalue weighted by molar-refractivity contribution is 0.0984. The van der Waals surface area contributed by atoms with Crippen LogP contribution in [-0.2, 0) is 6.54 Å². The molecule has 0 bridgehead atoms. The largest absolute Gasteiger partial charge is 0.303 e. The summed E-state index contributed by atoms with van der Waals surface area (Å²) in [4.78, 5) is 20.3. The Hall–Kier alpha value is -3.32. The molecule has 0 saturated heterocycles.